The highest BCUT2D eigenvalue weighted by Crippen LogP contribution is 2.26. The summed E-state index contributed by atoms with van der Waals surface area (Å²) in [5, 5.41) is 9.08. The molecule has 0 unspecified atom stereocenters. The molecule has 0 saturated carbocycles. The van der Waals surface area contributed by atoms with Crippen LogP contribution in [0.4, 0.5) is 11.5 Å². The third-order valence-electron chi connectivity index (χ3n) is 4.66. The number of aromatic nitrogens is 2. The molecule has 5 rings (SSSR count). The Labute approximate surface area is 156 Å². The lowest BCUT2D eigenvalue weighted by molar-refractivity contribution is 1.06. The Morgan fingerprint density at radius 3 is 2.41 bits per heavy atom. The number of rotatable bonds is 4. The van der Waals surface area contributed by atoms with Crippen molar-refractivity contribution in [2.75, 3.05) is 5.01 Å². The van der Waals surface area contributed by atoms with E-state index in [4.69, 9.17) is 5.10 Å². The molecule has 2 aromatic heterocycles. The minimum Gasteiger partial charge on any atom is -0.355 e. The lowest BCUT2D eigenvalue weighted by Crippen LogP contribution is -2.09. The molecule has 0 aliphatic heterocycles. The minimum absolute atomic E-state index is 0.922. The van der Waals surface area contributed by atoms with Crippen molar-refractivity contribution in [1.29, 1.82) is 0 Å². The quantitative estimate of drug-likeness (QED) is 0.311. The molecule has 0 aliphatic rings. The molecule has 0 saturated heterocycles. The fraction of sp³-hybridized carbons (Fsp3) is 0. The van der Waals surface area contributed by atoms with Gasteiger partial charge >= 0.3 is 0 Å². The van der Waals surface area contributed by atoms with Crippen LogP contribution in [0.15, 0.2) is 96.2 Å². The second-order valence-corrected chi connectivity index (χ2v) is 6.42. The smallest absolute Gasteiger partial charge is 0.132 e. The maximum absolute atomic E-state index is 4.74. The van der Waals surface area contributed by atoms with Crippen LogP contribution in [-0.4, -0.2) is 16.2 Å². The number of para-hydroxylation sites is 2. The van der Waals surface area contributed by atoms with Crippen LogP contribution in [0.1, 0.15) is 5.56 Å². The topological polar surface area (TPSA) is 47.2 Å². The van der Waals surface area contributed by atoms with Gasteiger partial charge in [-0.3, -0.25) is 0 Å². The number of H-pyrrole nitrogens is 2. The van der Waals surface area contributed by atoms with E-state index in [2.05, 4.69) is 46.4 Å². The zero-order valence-electron chi connectivity index (χ0n) is 14.6. The Kier molecular flexibility index (Phi) is 3.72. The Hall–Kier alpha value is -3.79. The number of benzene rings is 3. The molecule has 3 aromatic carbocycles. The molecule has 4 heteroatoms. The molecule has 2 N–H and O–H groups in total. The summed E-state index contributed by atoms with van der Waals surface area (Å²) in [5.41, 5.74) is 4.35. The average Bonchev–Trinajstić information content (AvgIpc) is 3.37. The molecule has 2 heterocycles. The van der Waals surface area contributed by atoms with Gasteiger partial charge < -0.3 is 9.97 Å². The largest absolute Gasteiger partial charge is 0.355 e. The predicted octanol–water partition coefficient (Wildman–Crippen LogP) is 5.82. The Morgan fingerprint density at radius 1 is 0.741 bits per heavy atom. The maximum atomic E-state index is 4.74. The third kappa shape index (κ3) is 2.87. The zero-order chi connectivity index (χ0) is 18.1. The van der Waals surface area contributed by atoms with Gasteiger partial charge in [0.1, 0.15) is 5.82 Å². The second kappa shape index (κ2) is 6.50. The van der Waals surface area contributed by atoms with Gasteiger partial charge in [0.2, 0.25) is 0 Å². The minimum atomic E-state index is 0.922. The normalized spacial score (nSPS) is 11.6. The van der Waals surface area contributed by atoms with E-state index in [1.165, 1.54) is 10.8 Å². The van der Waals surface area contributed by atoms with E-state index in [1.54, 1.807) is 0 Å². The number of hydrazone groups is 1. The summed E-state index contributed by atoms with van der Waals surface area (Å²) >= 11 is 0. The fourth-order valence-corrected chi connectivity index (χ4v) is 3.36. The van der Waals surface area contributed by atoms with Crippen LogP contribution in [-0.2, 0) is 0 Å². The van der Waals surface area contributed by atoms with E-state index in [0.717, 1.165) is 28.1 Å². The summed E-state index contributed by atoms with van der Waals surface area (Å²) in [4.78, 5) is 6.69. The first-order valence-electron chi connectivity index (χ1n) is 8.91. The van der Waals surface area contributed by atoms with Gasteiger partial charge in [0.05, 0.1) is 11.9 Å². The summed E-state index contributed by atoms with van der Waals surface area (Å²) in [7, 11) is 0. The molecule has 27 heavy (non-hydrogen) atoms. The number of anilines is 2. The number of hydrogen-bond acceptors (Lipinski definition) is 2. The molecule has 0 atom stereocenters. The molecule has 130 valence electrons. The van der Waals surface area contributed by atoms with Crippen LogP contribution in [0, 0.1) is 0 Å². The van der Waals surface area contributed by atoms with E-state index in [9.17, 15) is 0 Å². The van der Waals surface area contributed by atoms with Crippen molar-refractivity contribution in [2.24, 2.45) is 5.10 Å². The van der Waals surface area contributed by atoms with Crippen molar-refractivity contribution in [2.45, 2.75) is 0 Å². The molecule has 4 nitrogen and oxygen atoms in total. The average molecular weight is 350 g/mol. The Morgan fingerprint density at radius 2 is 1.56 bits per heavy atom. The number of nitrogens with zero attached hydrogens (tertiary/aromatic N) is 2. The molecule has 0 amide bonds. The van der Waals surface area contributed by atoms with Crippen LogP contribution in [0.2, 0.25) is 0 Å². The maximum Gasteiger partial charge on any atom is 0.132 e. The van der Waals surface area contributed by atoms with Gasteiger partial charge in [-0.15, -0.1) is 0 Å². The summed E-state index contributed by atoms with van der Waals surface area (Å²) in [6, 6.07) is 28.8. The number of hydrogen-bond donors (Lipinski definition) is 2. The van der Waals surface area contributed by atoms with Gasteiger partial charge in [-0.1, -0.05) is 42.5 Å². The van der Waals surface area contributed by atoms with Crippen LogP contribution in [0.5, 0.6) is 0 Å². The number of nitrogens with one attached hydrogen (secondary N) is 2. The van der Waals surface area contributed by atoms with Gasteiger partial charge in [-0.2, -0.15) is 5.10 Å². The van der Waals surface area contributed by atoms with Crippen molar-refractivity contribution in [3.63, 3.8) is 0 Å². The van der Waals surface area contributed by atoms with Gasteiger partial charge in [0.15, 0.2) is 0 Å². The van der Waals surface area contributed by atoms with Crippen LogP contribution in [0.25, 0.3) is 21.8 Å². The monoisotopic (exact) mass is 350 g/mol. The first kappa shape index (κ1) is 15.5. The van der Waals surface area contributed by atoms with Crippen LogP contribution in [0.3, 0.4) is 0 Å². The summed E-state index contributed by atoms with van der Waals surface area (Å²) in [5.74, 6) is 0.922. The standard InChI is InChI=1S/C23H18N4/c1-2-7-18(8-3-1)27(23-11-6-14-24-23)25-16-17-12-13-22-20(15-17)19-9-4-5-10-21(19)26-22/h1-16,24,26H/b25-16+. The molecule has 0 bridgehead atoms. The molecule has 0 spiro atoms. The highest BCUT2D eigenvalue weighted by molar-refractivity contribution is 6.08. The molecule has 0 fully saturated rings. The van der Waals surface area contributed by atoms with Crippen molar-refractivity contribution in [1.82, 2.24) is 9.97 Å². The third-order valence-corrected chi connectivity index (χ3v) is 4.66. The zero-order valence-corrected chi connectivity index (χ0v) is 14.6. The lowest BCUT2D eigenvalue weighted by atomic mass is 10.1. The van der Waals surface area contributed by atoms with Crippen molar-refractivity contribution < 1.29 is 0 Å². The van der Waals surface area contributed by atoms with E-state index in [-0.39, 0.29) is 0 Å². The summed E-state index contributed by atoms with van der Waals surface area (Å²) in [6.07, 6.45) is 3.80. The lowest BCUT2D eigenvalue weighted by Gasteiger charge is -2.17. The second-order valence-electron chi connectivity index (χ2n) is 6.42. The highest BCUT2D eigenvalue weighted by Gasteiger charge is 2.08. The fourth-order valence-electron chi connectivity index (χ4n) is 3.36. The predicted molar refractivity (Wildman–Crippen MR) is 113 cm³/mol. The van der Waals surface area contributed by atoms with Crippen molar-refractivity contribution >= 4 is 39.5 Å². The van der Waals surface area contributed by atoms with E-state index in [1.807, 2.05) is 66.0 Å². The van der Waals surface area contributed by atoms with Gasteiger partial charge in [0.25, 0.3) is 0 Å². The van der Waals surface area contributed by atoms with Crippen LogP contribution >= 0.6 is 0 Å². The number of fused-ring (bicyclic) bond motifs is 3. The molecule has 0 aliphatic carbocycles. The van der Waals surface area contributed by atoms with Gasteiger partial charge in [0, 0.05) is 28.0 Å². The van der Waals surface area contributed by atoms with Gasteiger partial charge in [-0.05, 0) is 48.0 Å². The Balaban J connectivity index is 1.56. The molecular formula is C23H18N4. The van der Waals surface area contributed by atoms with Gasteiger partial charge in [-0.25, -0.2) is 5.01 Å². The molecule has 0 radical (unpaired) electrons. The van der Waals surface area contributed by atoms with E-state index in [0.29, 0.717) is 0 Å². The highest BCUT2D eigenvalue weighted by atomic mass is 15.5. The summed E-state index contributed by atoms with van der Waals surface area (Å²) < 4.78 is 0. The van der Waals surface area contributed by atoms with E-state index < -0.39 is 0 Å². The molecule has 5 aromatic rings. The number of aromatic amines is 2. The first-order chi connectivity index (χ1) is 13.4. The SMILES string of the molecule is C(=N\N(c1ccccc1)c1ccc[nH]1)/c1ccc2[nH]c3ccccc3c2c1. The van der Waals surface area contributed by atoms with Crippen molar-refractivity contribution in [3.05, 3.63) is 96.7 Å². The molecular weight excluding hydrogens is 332 g/mol. The summed E-state index contributed by atoms with van der Waals surface area (Å²) in [6.45, 7) is 0. The van der Waals surface area contributed by atoms with E-state index >= 15 is 0 Å². The first-order valence-corrected chi connectivity index (χ1v) is 8.91. The van der Waals surface area contributed by atoms with Crippen LogP contribution < -0.4 is 5.01 Å². The Bertz CT molecular complexity index is 1220. The van der Waals surface area contributed by atoms with Crippen molar-refractivity contribution in [3.8, 4) is 0 Å².